The maximum atomic E-state index is 13.5. The van der Waals surface area contributed by atoms with Crippen molar-refractivity contribution in [3.05, 3.63) is 57.7 Å². The van der Waals surface area contributed by atoms with Gasteiger partial charge in [-0.15, -0.1) is 0 Å². The number of carboxylic acid groups (broad SMARTS) is 1. The number of aromatic nitrogens is 3. The van der Waals surface area contributed by atoms with E-state index >= 15 is 0 Å². The summed E-state index contributed by atoms with van der Waals surface area (Å²) < 4.78 is 28.2. The van der Waals surface area contributed by atoms with Crippen molar-refractivity contribution in [3.8, 4) is 11.3 Å². The van der Waals surface area contributed by atoms with Gasteiger partial charge >= 0.3 is 5.97 Å². The lowest BCUT2D eigenvalue weighted by molar-refractivity contribution is -0.141. The Morgan fingerprint density at radius 2 is 1.85 bits per heavy atom. The van der Waals surface area contributed by atoms with E-state index in [1.165, 1.54) is 6.92 Å². The third-order valence-electron chi connectivity index (χ3n) is 3.88. The first-order chi connectivity index (χ1) is 12.3. The summed E-state index contributed by atoms with van der Waals surface area (Å²) in [6.07, 6.45) is 0.840. The van der Waals surface area contributed by atoms with Gasteiger partial charge in [0.15, 0.2) is 11.1 Å². The number of hydrogen-bond acceptors (Lipinski definition) is 5. The summed E-state index contributed by atoms with van der Waals surface area (Å²) in [5.74, 6) is -4.15. The molecule has 0 saturated carbocycles. The van der Waals surface area contributed by atoms with Crippen LogP contribution < -0.4 is 10.6 Å². The Balaban J connectivity index is 2.28. The fourth-order valence-electron chi connectivity index (χ4n) is 2.61. The molecule has 0 bridgehead atoms. The average molecular weight is 361 g/mol. The molecule has 0 aliphatic heterocycles. The molecule has 1 atom stereocenters. The number of rotatable bonds is 4. The van der Waals surface area contributed by atoms with Gasteiger partial charge in [0.25, 0.3) is 0 Å². The molecule has 134 valence electrons. The van der Waals surface area contributed by atoms with Crippen LogP contribution in [0, 0.1) is 17.6 Å². The molecule has 0 aliphatic rings. The summed E-state index contributed by atoms with van der Waals surface area (Å²) in [7, 11) is 0. The van der Waals surface area contributed by atoms with Gasteiger partial charge in [0.1, 0.15) is 28.9 Å². The summed E-state index contributed by atoms with van der Waals surface area (Å²) in [4.78, 5) is 27.4. The largest absolute Gasteiger partial charge is 0.511 e. The maximum Gasteiger partial charge on any atom is 0.306 e. The number of fused-ring (bicyclic) bond motifs is 1. The number of carbonyl (C=O) groups is 1. The zero-order chi connectivity index (χ0) is 19.0. The van der Waals surface area contributed by atoms with Crippen molar-refractivity contribution in [1.82, 2.24) is 14.6 Å². The molecular formula is C17H13F2N3O4. The molecule has 0 saturated heterocycles. The fraction of sp³-hybridized carbons (Fsp3) is 0.176. The number of hydrogen-bond donors (Lipinski definition) is 2. The van der Waals surface area contributed by atoms with Crippen LogP contribution in [0.15, 0.2) is 35.4 Å². The first-order valence-corrected chi connectivity index (χ1v) is 7.56. The van der Waals surface area contributed by atoms with Crippen LogP contribution in [0.25, 0.3) is 22.7 Å². The number of benzene rings is 1. The van der Waals surface area contributed by atoms with E-state index in [-0.39, 0.29) is 28.5 Å². The molecule has 2 heterocycles. The normalized spacial score (nSPS) is 13.7. The van der Waals surface area contributed by atoms with Crippen molar-refractivity contribution in [2.45, 2.75) is 13.3 Å². The van der Waals surface area contributed by atoms with E-state index in [9.17, 15) is 23.5 Å². The van der Waals surface area contributed by atoms with Crippen LogP contribution in [0.3, 0.4) is 0 Å². The summed E-state index contributed by atoms with van der Waals surface area (Å²) in [6, 6.07) is 3.83. The SMILES string of the molecule is CC(C/C(O)=c1\c(=O)cc(-c2cc(F)cc(F)c2)n2ncnc12)C(=O)O. The van der Waals surface area contributed by atoms with Crippen molar-refractivity contribution >= 4 is 17.4 Å². The van der Waals surface area contributed by atoms with Gasteiger partial charge in [-0.3, -0.25) is 9.59 Å². The highest BCUT2D eigenvalue weighted by Gasteiger charge is 2.18. The van der Waals surface area contributed by atoms with Crippen LogP contribution in [0.4, 0.5) is 8.78 Å². The molecule has 26 heavy (non-hydrogen) atoms. The first kappa shape index (κ1) is 17.5. The highest BCUT2D eigenvalue weighted by molar-refractivity contribution is 5.71. The van der Waals surface area contributed by atoms with Crippen molar-refractivity contribution in [2.24, 2.45) is 5.92 Å². The highest BCUT2D eigenvalue weighted by Crippen LogP contribution is 2.20. The smallest absolute Gasteiger partial charge is 0.306 e. The molecule has 1 aromatic carbocycles. The number of pyridine rings is 1. The van der Waals surface area contributed by atoms with Gasteiger partial charge in [-0.05, 0) is 12.1 Å². The van der Waals surface area contributed by atoms with E-state index in [2.05, 4.69) is 10.1 Å². The molecule has 9 heteroatoms. The molecule has 2 aromatic heterocycles. The van der Waals surface area contributed by atoms with Gasteiger partial charge in [-0.25, -0.2) is 18.3 Å². The quantitative estimate of drug-likeness (QED) is 0.730. The summed E-state index contributed by atoms with van der Waals surface area (Å²) >= 11 is 0. The Bertz CT molecular complexity index is 1110. The van der Waals surface area contributed by atoms with Gasteiger partial charge in [-0.2, -0.15) is 5.10 Å². The average Bonchev–Trinajstić information content (AvgIpc) is 3.01. The third kappa shape index (κ3) is 3.10. The number of aliphatic hydroxyl groups excluding tert-OH is 1. The molecule has 0 fully saturated rings. The summed E-state index contributed by atoms with van der Waals surface area (Å²) in [6.45, 7) is 1.38. The lowest BCUT2D eigenvalue weighted by atomic mass is 10.1. The Hall–Kier alpha value is -3.36. The van der Waals surface area contributed by atoms with Gasteiger partial charge in [0.05, 0.1) is 11.6 Å². The number of nitrogens with zero attached hydrogens (tertiary/aromatic N) is 3. The Kier molecular flexibility index (Phi) is 4.37. The van der Waals surface area contributed by atoms with E-state index < -0.39 is 34.7 Å². The van der Waals surface area contributed by atoms with Crippen LogP contribution in [0.2, 0.25) is 0 Å². The van der Waals surface area contributed by atoms with Crippen molar-refractivity contribution < 1.29 is 23.8 Å². The van der Waals surface area contributed by atoms with Crippen molar-refractivity contribution in [2.75, 3.05) is 0 Å². The lowest BCUT2D eigenvalue weighted by Gasteiger charge is -2.08. The van der Waals surface area contributed by atoms with Gasteiger partial charge in [-0.1, -0.05) is 6.92 Å². The van der Waals surface area contributed by atoms with Crippen molar-refractivity contribution in [1.29, 1.82) is 0 Å². The van der Waals surface area contributed by atoms with Crippen LogP contribution in [0.1, 0.15) is 13.3 Å². The second-order valence-electron chi connectivity index (χ2n) is 5.81. The Morgan fingerprint density at radius 1 is 1.19 bits per heavy atom. The standard InChI is InChI=1S/C17H13F2N3O4/c1-8(17(25)26)2-13(23)15-14(24)6-12(22-16(15)20-7-21-22)9-3-10(18)5-11(19)4-9/h3-8,23H,2H2,1H3,(H,25,26)/b15-13-. The Morgan fingerprint density at radius 3 is 2.46 bits per heavy atom. The molecule has 0 amide bonds. The van der Waals surface area contributed by atoms with Gasteiger partial charge in [0, 0.05) is 24.1 Å². The van der Waals surface area contributed by atoms with Crippen LogP contribution in [-0.2, 0) is 4.79 Å². The zero-order valence-corrected chi connectivity index (χ0v) is 13.5. The molecule has 0 spiro atoms. The second kappa shape index (κ2) is 6.51. The molecule has 0 aliphatic carbocycles. The van der Waals surface area contributed by atoms with E-state index in [1.54, 1.807) is 0 Å². The third-order valence-corrected chi connectivity index (χ3v) is 3.88. The topological polar surface area (TPSA) is 105 Å². The summed E-state index contributed by atoms with van der Waals surface area (Å²) in [5.41, 5.74) is -0.545. The predicted octanol–water partition coefficient (Wildman–Crippen LogP) is 1.53. The number of aliphatic hydroxyl groups is 1. The predicted molar refractivity (Wildman–Crippen MR) is 87.3 cm³/mol. The van der Waals surface area contributed by atoms with Gasteiger partial charge < -0.3 is 10.2 Å². The van der Waals surface area contributed by atoms with Crippen LogP contribution in [0.5, 0.6) is 0 Å². The van der Waals surface area contributed by atoms with E-state index in [0.29, 0.717) is 6.07 Å². The molecule has 3 aromatic rings. The Labute approximate surface area is 144 Å². The first-order valence-electron chi connectivity index (χ1n) is 7.56. The maximum absolute atomic E-state index is 13.5. The molecule has 7 nitrogen and oxygen atoms in total. The van der Waals surface area contributed by atoms with Crippen LogP contribution in [-0.4, -0.2) is 30.8 Å². The lowest BCUT2D eigenvalue weighted by Crippen LogP contribution is -2.31. The highest BCUT2D eigenvalue weighted by atomic mass is 19.1. The minimum absolute atomic E-state index is 0.0349. The van der Waals surface area contributed by atoms with Crippen molar-refractivity contribution in [3.63, 3.8) is 0 Å². The molecular weight excluding hydrogens is 348 g/mol. The molecule has 0 radical (unpaired) electrons. The molecule has 3 rings (SSSR count). The molecule has 2 N–H and O–H groups in total. The number of aliphatic carboxylic acids is 1. The minimum Gasteiger partial charge on any atom is -0.511 e. The van der Waals surface area contributed by atoms with E-state index in [4.69, 9.17) is 5.11 Å². The number of carboxylic acids is 1. The van der Waals surface area contributed by atoms with E-state index in [1.807, 2.05) is 0 Å². The number of halogens is 2. The van der Waals surface area contributed by atoms with Crippen LogP contribution >= 0.6 is 0 Å². The minimum atomic E-state index is -1.13. The van der Waals surface area contributed by atoms with Gasteiger partial charge in [0.2, 0.25) is 0 Å². The fourth-order valence-corrected chi connectivity index (χ4v) is 2.61. The molecule has 1 unspecified atom stereocenters. The zero-order valence-electron chi connectivity index (χ0n) is 13.5. The monoisotopic (exact) mass is 361 g/mol. The second-order valence-corrected chi connectivity index (χ2v) is 5.81. The van der Waals surface area contributed by atoms with E-state index in [0.717, 1.165) is 29.0 Å². The summed E-state index contributed by atoms with van der Waals surface area (Å²) in [5, 5.41) is 22.9.